The number of hydrogen-bond acceptors (Lipinski definition) is 6. The molecule has 2 atom stereocenters. The molecule has 7 nitrogen and oxygen atoms in total. The molecule has 1 fully saturated rings. The van der Waals surface area contributed by atoms with Crippen molar-refractivity contribution in [3.63, 3.8) is 0 Å². The normalized spacial score (nSPS) is 29.9. The van der Waals surface area contributed by atoms with E-state index in [1.54, 1.807) is 12.3 Å². The summed E-state index contributed by atoms with van der Waals surface area (Å²) in [5, 5.41) is 0. The molecule has 4 heterocycles. The highest BCUT2D eigenvalue weighted by atomic mass is 32.3. The third-order valence-corrected chi connectivity index (χ3v) is 6.02. The van der Waals surface area contributed by atoms with Crippen LogP contribution in [0.25, 0.3) is 0 Å². The van der Waals surface area contributed by atoms with Crippen LogP contribution in [0.2, 0.25) is 0 Å². The number of fused-ring (bicyclic) bond motifs is 1. The fourth-order valence-corrected chi connectivity index (χ4v) is 4.79. The lowest BCUT2D eigenvalue weighted by Crippen LogP contribution is -2.54. The van der Waals surface area contributed by atoms with Crippen molar-refractivity contribution >= 4 is 10.4 Å². The first kappa shape index (κ1) is 15.6. The molecule has 0 aliphatic carbocycles. The molecule has 0 radical (unpaired) electrons. The van der Waals surface area contributed by atoms with E-state index >= 15 is 0 Å². The first-order valence-electron chi connectivity index (χ1n) is 7.79. The first-order valence-corrected chi connectivity index (χ1v) is 9.28. The highest BCUT2D eigenvalue weighted by Crippen LogP contribution is 2.34. The van der Waals surface area contributed by atoms with Crippen molar-refractivity contribution in [1.29, 1.82) is 0 Å². The molecule has 0 saturated carbocycles. The second-order valence-corrected chi connectivity index (χ2v) is 7.93. The Hall–Kier alpha value is -1.87. The molecule has 0 bridgehead atoms. The van der Waals surface area contributed by atoms with Crippen LogP contribution in [0, 0.1) is 0 Å². The summed E-state index contributed by atoms with van der Waals surface area (Å²) in [6.07, 6.45) is 5.33. The quantitative estimate of drug-likeness (QED) is 0.816. The highest BCUT2D eigenvalue weighted by molar-refractivity contribution is 7.96. The van der Waals surface area contributed by atoms with E-state index in [4.69, 9.17) is 4.74 Å². The lowest BCUT2D eigenvalue weighted by molar-refractivity contribution is 0.197. The molecule has 2 aliphatic heterocycles. The maximum atomic E-state index is 12.7. The Bertz CT molecular complexity index is 788. The van der Waals surface area contributed by atoms with Gasteiger partial charge in [0, 0.05) is 38.1 Å². The summed E-state index contributed by atoms with van der Waals surface area (Å²) in [7, 11) is -3.65. The van der Waals surface area contributed by atoms with Crippen LogP contribution in [0.15, 0.2) is 47.8 Å². The van der Waals surface area contributed by atoms with E-state index in [0.717, 1.165) is 12.2 Å². The minimum Gasteiger partial charge on any atom is -0.593 e. The van der Waals surface area contributed by atoms with Crippen LogP contribution in [0.1, 0.15) is 12.1 Å². The molecule has 2 aromatic heterocycles. The average Bonchev–Trinajstić information content (AvgIpc) is 2.91. The molecule has 1 saturated heterocycles. The zero-order valence-corrected chi connectivity index (χ0v) is 13.9. The van der Waals surface area contributed by atoms with Gasteiger partial charge in [-0.2, -0.15) is 0 Å². The minimum atomic E-state index is -3.65. The number of pyridine rings is 2. The second kappa shape index (κ2) is 5.89. The molecule has 0 amide bonds. The Morgan fingerprint density at radius 2 is 2.29 bits per heavy atom. The summed E-state index contributed by atoms with van der Waals surface area (Å²) in [6, 6.07) is 7.40. The van der Waals surface area contributed by atoms with E-state index in [-0.39, 0.29) is 4.90 Å². The van der Waals surface area contributed by atoms with Gasteiger partial charge in [0.05, 0.1) is 11.9 Å². The fraction of sp³-hybridized carbons (Fsp3) is 0.375. The Labute approximate surface area is 141 Å². The van der Waals surface area contributed by atoms with Gasteiger partial charge in [-0.3, -0.25) is 14.9 Å². The number of aromatic nitrogens is 2. The number of hydrogen-bond donors (Lipinski definition) is 1. The van der Waals surface area contributed by atoms with Crippen LogP contribution in [0.3, 0.4) is 0 Å². The molecule has 2 unspecified atom stereocenters. The lowest BCUT2D eigenvalue weighted by atomic mass is 10.0. The van der Waals surface area contributed by atoms with Gasteiger partial charge in [-0.15, -0.1) is 4.72 Å². The second-order valence-electron chi connectivity index (χ2n) is 6.28. The molecule has 126 valence electrons. The summed E-state index contributed by atoms with van der Waals surface area (Å²) < 4.78 is 34.0. The molecule has 0 aromatic carbocycles. The maximum absolute atomic E-state index is 12.7. The van der Waals surface area contributed by atoms with Gasteiger partial charge in [-0.05, 0) is 18.6 Å². The summed E-state index contributed by atoms with van der Waals surface area (Å²) >= 11 is 0. The van der Waals surface area contributed by atoms with Gasteiger partial charge in [0.1, 0.15) is 12.1 Å². The van der Waals surface area contributed by atoms with Crippen LogP contribution in [-0.2, 0) is 21.2 Å². The average molecular weight is 346 g/mol. The van der Waals surface area contributed by atoms with Crippen molar-refractivity contribution in [3.8, 4) is 5.75 Å². The summed E-state index contributed by atoms with van der Waals surface area (Å²) in [4.78, 5) is 10.5. The third kappa shape index (κ3) is 2.93. The van der Waals surface area contributed by atoms with Gasteiger partial charge in [0.25, 0.3) is 0 Å². The van der Waals surface area contributed by atoms with E-state index in [2.05, 4.69) is 19.6 Å². The zero-order valence-electron chi connectivity index (χ0n) is 13.1. The van der Waals surface area contributed by atoms with Crippen molar-refractivity contribution in [1.82, 2.24) is 19.6 Å². The molecule has 1 spiro atoms. The predicted molar refractivity (Wildman–Crippen MR) is 86.8 cm³/mol. The first-order chi connectivity index (χ1) is 11.6. The monoisotopic (exact) mass is 346 g/mol. The van der Waals surface area contributed by atoms with Crippen LogP contribution >= 0.6 is 0 Å². The Morgan fingerprint density at radius 1 is 1.38 bits per heavy atom. The van der Waals surface area contributed by atoms with Crippen LogP contribution in [0.5, 0.6) is 5.75 Å². The van der Waals surface area contributed by atoms with Gasteiger partial charge < -0.3 is 9.29 Å². The van der Waals surface area contributed by atoms with Gasteiger partial charge in [0.2, 0.25) is 4.90 Å². The maximum Gasteiger partial charge on any atom is 0.235 e. The topological polar surface area (TPSA) is 90.4 Å². The SMILES string of the molecule is O=[S+]1([O-])NC2(CCN(Cc3ccccn3)C2)COc2ccncc21. The molecule has 4 rings (SSSR count). The molecule has 24 heavy (non-hydrogen) atoms. The smallest absolute Gasteiger partial charge is 0.235 e. The molecule has 2 aromatic rings. The van der Waals surface area contributed by atoms with Gasteiger partial charge in [0.15, 0.2) is 16.1 Å². The van der Waals surface area contributed by atoms with E-state index < -0.39 is 15.9 Å². The van der Waals surface area contributed by atoms with E-state index in [1.165, 1.54) is 12.4 Å². The number of nitrogens with one attached hydrogen (secondary N) is 1. The van der Waals surface area contributed by atoms with Crippen molar-refractivity contribution in [2.45, 2.75) is 23.4 Å². The van der Waals surface area contributed by atoms with Gasteiger partial charge in [-0.25, -0.2) is 0 Å². The summed E-state index contributed by atoms with van der Waals surface area (Å²) in [6.45, 7) is 2.38. The van der Waals surface area contributed by atoms with Crippen molar-refractivity contribution in [3.05, 3.63) is 48.5 Å². The Kier molecular flexibility index (Phi) is 3.84. The van der Waals surface area contributed by atoms with Crippen LogP contribution in [-0.4, -0.2) is 44.7 Å². The van der Waals surface area contributed by atoms with E-state index in [1.807, 2.05) is 18.2 Å². The van der Waals surface area contributed by atoms with Crippen molar-refractivity contribution in [2.24, 2.45) is 0 Å². The number of likely N-dealkylation sites (tertiary alicyclic amines) is 1. The predicted octanol–water partition coefficient (Wildman–Crippen LogP) is 1.01. The summed E-state index contributed by atoms with van der Waals surface area (Å²) in [5.41, 5.74) is 0.353. The van der Waals surface area contributed by atoms with Gasteiger partial charge in [-0.1, -0.05) is 10.3 Å². The summed E-state index contributed by atoms with van der Waals surface area (Å²) in [5.74, 6) is 0.359. The standard InChI is InChI=1S/C16H18N4O3S/c21-24(22)15-9-17-7-4-14(15)23-12-16(19-24)5-8-20(11-16)10-13-3-1-2-6-18-13/h1-4,6-7,9H,5,8,10-12H2,(H-,19,21,22). The Morgan fingerprint density at radius 3 is 3.12 bits per heavy atom. The molecular formula is C16H18N4O3S. The Balaban J connectivity index is 1.54. The number of sulfonamides is 1. The highest BCUT2D eigenvalue weighted by Gasteiger charge is 2.48. The van der Waals surface area contributed by atoms with E-state index in [0.29, 0.717) is 31.9 Å². The van der Waals surface area contributed by atoms with Crippen molar-refractivity contribution in [2.75, 3.05) is 19.7 Å². The lowest BCUT2D eigenvalue weighted by Gasteiger charge is -2.28. The van der Waals surface area contributed by atoms with Crippen LogP contribution in [0.4, 0.5) is 0 Å². The van der Waals surface area contributed by atoms with E-state index in [9.17, 15) is 8.76 Å². The number of rotatable bonds is 2. The molecular weight excluding hydrogens is 328 g/mol. The molecule has 1 N–H and O–H groups in total. The fourth-order valence-electron chi connectivity index (χ4n) is 3.29. The largest absolute Gasteiger partial charge is 0.593 e. The third-order valence-electron chi connectivity index (χ3n) is 4.44. The minimum absolute atomic E-state index is 0.102. The number of nitrogens with zero attached hydrogens (tertiary/aromatic N) is 3. The zero-order chi connectivity index (χ0) is 16.6. The van der Waals surface area contributed by atoms with Crippen LogP contribution < -0.4 is 9.46 Å². The van der Waals surface area contributed by atoms with Crippen molar-refractivity contribution < 1.29 is 13.5 Å². The van der Waals surface area contributed by atoms with Gasteiger partial charge >= 0.3 is 0 Å². The molecule has 2 aliphatic rings. The molecule has 8 heteroatoms. The number of ether oxygens (including phenoxy) is 1.